The van der Waals surface area contributed by atoms with Crippen molar-refractivity contribution in [3.63, 3.8) is 0 Å². The van der Waals surface area contributed by atoms with Gasteiger partial charge in [-0.3, -0.25) is 19.4 Å². The number of hydrogen-bond acceptors (Lipinski definition) is 6. The zero-order valence-electron chi connectivity index (χ0n) is 21.4. The van der Waals surface area contributed by atoms with Crippen molar-refractivity contribution >= 4 is 29.6 Å². The lowest BCUT2D eigenvalue weighted by molar-refractivity contribution is -0.105. The number of amides is 2. The molecular weight excluding hydrogens is 525 g/mol. The van der Waals surface area contributed by atoms with Crippen LogP contribution in [0.1, 0.15) is 40.4 Å². The molecule has 4 aromatic rings. The standard InChI is InChI=1S/C27H27ClFN7O3/c1-35-14-19(13-31-35)18-6-4-17(5-7-18)12-22-32-25(34-33-22)26(38)36-11-3-10-27(15-36,39-2)23-21(30-16-37)9-8-20(28)24(23)29/h4-9,13-14,16H,3,10-12,15H2,1-2H3,(H,30,37)(H,32,33,34)/t27-/m0/s1. The number of aromatic amines is 1. The molecule has 2 N–H and O–H groups in total. The van der Waals surface area contributed by atoms with Gasteiger partial charge in [-0.1, -0.05) is 35.9 Å². The zero-order valence-corrected chi connectivity index (χ0v) is 22.2. The van der Waals surface area contributed by atoms with Crippen LogP contribution in [0.5, 0.6) is 0 Å². The minimum Gasteiger partial charge on any atom is -0.371 e. The van der Waals surface area contributed by atoms with Crippen LogP contribution in [0, 0.1) is 5.82 Å². The Morgan fingerprint density at radius 3 is 2.74 bits per heavy atom. The smallest absolute Gasteiger partial charge is 0.293 e. The summed E-state index contributed by atoms with van der Waals surface area (Å²) in [5.41, 5.74) is 2.20. The van der Waals surface area contributed by atoms with Gasteiger partial charge in [0.1, 0.15) is 17.2 Å². The maximum atomic E-state index is 15.3. The zero-order chi connectivity index (χ0) is 27.6. The molecule has 12 heteroatoms. The first-order valence-electron chi connectivity index (χ1n) is 12.4. The average Bonchev–Trinajstić information content (AvgIpc) is 3.60. The predicted octanol–water partition coefficient (Wildman–Crippen LogP) is 3.93. The highest BCUT2D eigenvalue weighted by Crippen LogP contribution is 2.42. The van der Waals surface area contributed by atoms with Crippen LogP contribution >= 0.6 is 11.6 Å². The van der Waals surface area contributed by atoms with E-state index in [9.17, 15) is 9.59 Å². The van der Waals surface area contributed by atoms with E-state index >= 15 is 4.39 Å². The number of likely N-dealkylation sites (tertiary alicyclic amines) is 1. The third-order valence-corrected chi connectivity index (χ3v) is 7.28. The minimum absolute atomic E-state index is 0.0155. The molecule has 1 aliphatic rings. The predicted molar refractivity (Wildman–Crippen MR) is 143 cm³/mol. The van der Waals surface area contributed by atoms with Crippen molar-refractivity contribution in [3.8, 4) is 11.1 Å². The fraction of sp³-hybridized carbons (Fsp3) is 0.296. The Bertz CT molecular complexity index is 1500. The van der Waals surface area contributed by atoms with Gasteiger partial charge in [-0.25, -0.2) is 9.37 Å². The Kier molecular flexibility index (Phi) is 7.45. The van der Waals surface area contributed by atoms with Crippen LogP contribution in [0.2, 0.25) is 5.02 Å². The molecule has 39 heavy (non-hydrogen) atoms. The number of halogens is 2. The van der Waals surface area contributed by atoms with Crippen LogP contribution in [0.3, 0.4) is 0 Å². The number of methoxy groups -OCH3 is 1. The fourth-order valence-corrected chi connectivity index (χ4v) is 5.20. The van der Waals surface area contributed by atoms with Gasteiger partial charge < -0.3 is 15.0 Å². The molecule has 1 aliphatic heterocycles. The maximum Gasteiger partial charge on any atom is 0.293 e. The van der Waals surface area contributed by atoms with Crippen LogP contribution in [0.15, 0.2) is 48.8 Å². The number of anilines is 1. The maximum absolute atomic E-state index is 15.3. The SMILES string of the molecule is CO[C@@]1(c2c(NC=O)ccc(Cl)c2F)CCCN(C(=O)c2n[nH]c(Cc3ccc(-c4cnn(C)c4)cc3)n2)C1. The van der Waals surface area contributed by atoms with Crippen molar-refractivity contribution in [2.75, 3.05) is 25.5 Å². The highest BCUT2D eigenvalue weighted by atomic mass is 35.5. The lowest BCUT2D eigenvalue weighted by Gasteiger charge is -2.42. The topological polar surface area (TPSA) is 118 Å². The van der Waals surface area contributed by atoms with E-state index < -0.39 is 17.3 Å². The molecule has 2 aromatic carbocycles. The molecule has 0 saturated carbocycles. The normalized spacial score (nSPS) is 17.3. The molecule has 0 unspecified atom stereocenters. The number of carbonyl (C=O) groups is 2. The first-order valence-corrected chi connectivity index (χ1v) is 12.7. The van der Waals surface area contributed by atoms with E-state index in [-0.39, 0.29) is 28.6 Å². The molecule has 10 nitrogen and oxygen atoms in total. The van der Waals surface area contributed by atoms with E-state index in [0.29, 0.717) is 38.0 Å². The molecule has 5 rings (SSSR count). The molecule has 202 valence electrons. The Hall–Kier alpha value is -4.09. The lowest BCUT2D eigenvalue weighted by atomic mass is 9.83. The molecule has 0 radical (unpaired) electrons. The molecule has 1 atom stereocenters. The average molecular weight is 552 g/mol. The number of piperidine rings is 1. The number of H-pyrrole nitrogens is 1. The molecule has 0 bridgehead atoms. The second-order valence-electron chi connectivity index (χ2n) is 9.46. The first kappa shape index (κ1) is 26.5. The number of nitrogens with one attached hydrogen (secondary N) is 2. The van der Waals surface area contributed by atoms with E-state index in [2.05, 4.69) is 25.6 Å². The monoisotopic (exact) mass is 551 g/mol. The number of ether oxygens (including phenoxy) is 1. The highest BCUT2D eigenvalue weighted by molar-refractivity contribution is 6.31. The number of nitrogens with zero attached hydrogens (tertiary/aromatic N) is 5. The van der Waals surface area contributed by atoms with Gasteiger partial charge in [0.2, 0.25) is 12.2 Å². The van der Waals surface area contributed by atoms with Crippen molar-refractivity contribution in [2.45, 2.75) is 24.9 Å². The van der Waals surface area contributed by atoms with Gasteiger partial charge in [-0.05, 0) is 36.1 Å². The molecule has 3 heterocycles. The number of aromatic nitrogens is 5. The van der Waals surface area contributed by atoms with Gasteiger partial charge in [0, 0.05) is 50.1 Å². The van der Waals surface area contributed by atoms with Gasteiger partial charge in [0.05, 0.1) is 17.8 Å². The van der Waals surface area contributed by atoms with Crippen molar-refractivity contribution in [1.82, 2.24) is 29.9 Å². The molecule has 0 spiro atoms. The lowest BCUT2D eigenvalue weighted by Crippen LogP contribution is -2.50. The first-order chi connectivity index (χ1) is 18.8. The van der Waals surface area contributed by atoms with Crippen molar-refractivity contribution in [3.05, 3.63) is 82.4 Å². The summed E-state index contributed by atoms with van der Waals surface area (Å²) in [5, 5.41) is 13.6. The van der Waals surface area contributed by atoms with Gasteiger partial charge in [-0.2, -0.15) is 5.10 Å². The summed E-state index contributed by atoms with van der Waals surface area (Å²) in [6, 6.07) is 10.9. The van der Waals surface area contributed by atoms with Crippen molar-refractivity contribution in [1.29, 1.82) is 0 Å². The van der Waals surface area contributed by atoms with E-state index in [1.165, 1.54) is 24.1 Å². The van der Waals surface area contributed by atoms with Crippen LogP contribution in [-0.2, 0) is 28.6 Å². The number of aryl methyl sites for hydroxylation is 1. The van der Waals surface area contributed by atoms with Gasteiger partial charge >= 0.3 is 0 Å². The molecule has 0 aliphatic carbocycles. The quantitative estimate of drug-likeness (QED) is 0.320. The van der Waals surface area contributed by atoms with Crippen LogP contribution in [0.4, 0.5) is 10.1 Å². The largest absolute Gasteiger partial charge is 0.371 e. The number of benzene rings is 2. The number of carbonyl (C=O) groups excluding carboxylic acids is 2. The summed E-state index contributed by atoms with van der Waals surface area (Å²) in [5.74, 6) is -0.546. The van der Waals surface area contributed by atoms with Crippen molar-refractivity contribution < 1.29 is 18.7 Å². The van der Waals surface area contributed by atoms with Crippen LogP contribution < -0.4 is 5.32 Å². The van der Waals surface area contributed by atoms with Gasteiger partial charge in [-0.15, -0.1) is 5.10 Å². The number of hydrogen-bond donors (Lipinski definition) is 2. The Balaban J connectivity index is 1.33. The third-order valence-electron chi connectivity index (χ3n) is 6.98. The third kappa shape index (κ3) is 5.27. The summed E-state index contributed by atoms with van der Waals surface area (Å²) in [4.78, 5) is 30.5. The molecule has 1 fully saturated rings. The highest BCUT2D eigenvalue weighted by Gasteiger charge is 2.43. The molecule has 2 amide bonds. The van der Waals surface area contributed by atoms with E-state index in [4.69, 9.17) is 16.3 Å². The Morgan fingerprint density at radius 2 is 2.05 bits per heavy atom. The second-order valence-corrected chi connectivity index (χ2v) is 9.86. The summed E-state index contributed by atoms with van der Waals surface area (Å²) >= 11 is 6.07. The summed E-state index contributed by atoms with van der Waals surface area (Å²) in [7, 11) is 3.32. The minimum atomic E-state index is -1.22. The molecule has 2 aromatic heterocycles. The van der Waals surface area contributed by atoms with E-state index in [1.807, 2.05) is 43.7 Å². The summed E-state index contributed by atoms with van der Waals surface area (Å²) in [6.45, 7) is 0.453. The fourth-order valence-electron chi connectivity index (χ4n) is 5.04. The van der Waals surface area contributed by atoms with Gasteiger partial charge in [0.15, 0.2) is 0 Å². The summed E-state index contributed by atoms with van der Waals surface area (Å²) in [6.07, 6.45) is 5.64. The molecule has 1 saturated heterocycles. The molecular formula is C27H27ClFN7O3. The summed E-state index contributed by atoms with van der Waals surface area (Å²) < 4.78 is 22.9. The Morgan fingerprint density at radius 1 is 1.26 bits per heavy atom. The van der Waals surface area contributed by atoms with Crippen molar-refractivity contribution in [2.24, 2.45) is 7.05 Å². The van der Waals surface area contributed by atoms with E-state index in [1.54, 1.807) is 4.68 Å². The van der Waals surface area contributed by atoms with E-state index in [0.717, 1.165) is 16.7 Å². The van der Waals surface area contributed by atoms with Crippen LogP contribution in [0.25, 0.3) is 11.1 Å². The van der Waals surface area contributed by atoms with Crippen LogP contribution in [-0.4, -0.2) is 62.4 Å². The van der Waals surface area contributed by atoms with Gasteiger partial charge in [0.25, 0.3) is 5.91 Å². The number of rotatable bonds is 8. The second kappa shape index (κ2) is 11.0. The Labute approximate surface area is 229 Å².